The molecular weight excluding hydrogens is 478 g/mol. The highest BCUT2D eigenvalue weighted by molar-refractivity contribution is 6.39. The van der Waals surface area contributed by atoms with Gasteiger partial charge in [-0.1, -0.05) is 11.8 Å². The Balaban J connectivity index is 1.19. The number of hydrogen-bond donors (Lipinski definition) is 4. The summed E-state index contributed by atoms with van der Waals surface area (Å²) in [6.07, 6.45) is 1.87. The molecule has 11 heteroatoms. The Morgan fingerprint density at radius 1 is 0.973 bits per heavy atom. The first-order valence-electron chi connectivity index (χ1n) is 11.3. The molecule has 6 amide bonds. The van der Waals surface area contributed by atoms with Crippen LogP contribution in [0.1, 0.15) is 39.1 Å². The highest BCUT2D eigenvalue weighted by Gasteiger charge is 2.44. The van der Waals surface area contributed by atoms with Gasteiger partial charge in [0.05, 0.1) is 17.7 Å². The SMILES string of the molecule is O=C1CCC(N2C(=O)c3ccc(C#CCNC(=O)C(=O)Nc4ccc5[nH]ccc5c4)cc3C2=O)C(=O)N1. The average molecular weight is 497 g/mol. The molecule has 3 heterocycles. The molecule has 0 spiro atoms. The Bertz CT molecular complexity index is 1580. The van der Waals surface area contributed by atoms with E-state index < -0.39 is 41.5 Å². The van der Waals surface area contributed by atoms with Gasteiger partial charge in [0.2, 0.25) is 11.8 Å². The highest BCUT2D eigenvalue weighted by Crippen LogP contribution is 2.28. The molecule has 0 radical (unpaired) electrons. The first-order valence-corrected chi connectivity index (χ1v) is 11.3. The van der Waals surface area contributed by atoms with Gasteiger partial charge in [0.15, 0.2) is 0 Å². The second-order valence-electron chi connectivity index (χ2n) is 8.43. The quantitative estimate of drug-likeness (QED) is 0.237. The van der Waals surface area contributed by atoms with E-state index in [-0.39, 0.29) is 30.5 Å². The van der Waals surface area contributed by atoms with Crippen LogP contribution in [-0.2, 0) is 19.2 Å². The van der Waals surface area contributed by atoms with Crippen molar-refractivity contribution in [1.29, 1.82) is 0 Å². The molecule has 2 aromatic carbocycles. The standard InChI is InChI=1S/C26H19N5O6/c32-21-8-7-20(22(33)30-21)31-25(36)17-5-3-14(12-18(17)26(31)37)2-1-10-28-23(34)24(35)29-16-4-6-19-15(13-16)9-11-27-19/h3-6,9,11-13,20,27H,7-8,10H2,(H,28,34)(H,29,35)(H,30,32,33). The van der Waals surface area contributed by atoms with Crippen LogP contribution in [0.4, 0.5) is 5.69 Å². The van der Waals surface area contributed by atoms with Gasteiger partial charge in [-0.15, -0.1) is 0 Å². The molecule has 1 atom stereocenters. The van der Waals surface area contributed by atoms with Crippen LogP contribution in [0.2, 0.25) is 0 Å². The minimum atomic E-state index is -1.05. The number of imide groups is 2. The summed E-state index contributed by atoms with van der Waals surface area (Å²) in [5, 5.41) is 7.96. The number of amides is 6. The van der Waals surface area contributed by atoms with E-state index in [1.54, 1.807) is 24.4 Å². The lowest BCUT2D eigenvalue weighted by atomic mass is 10.0. The van der Waals surface area contributed by atoms with E-state index >= 15 is 0 Å². The number of benzene rings is 2. The summed E-state index contributed by atoms with van der Waals surface area (Å²) >= 11 is 0. The van der Waals surface area contributed by atoms with Gasteiger partial charge < -0.3 is 15.6 Å². The monoisotopic (exact) mass is 497 g/mol. The summed E-state index contributed by atoms with van der Waals surface area (Å²) in [6.45, 7) is -0.130. The second-order valence-corrected chi connectivity index (χ2v) is 8.43. The zero-order valence-corrected chi connectivity index (χ0v) is 19.2. The third kappa shape index (κ3) is 4.55. The van der Waals surface area contributed by atoms with Gasteiger partial charge in [-0.25, -0.2) is 0 Å². The van der Waals surface area contributed by atoms with E-state index in [0.29, 0.717) is 11.3 Å². The maximum absolute atomic E-state index is 12.9. The molecule has 1 unspecified atom stereocenters. The smallest absolute Gasteiger partial charge is 0.313 e. The number of fused-ring (bicyclic) bond motifs is 2. The van der Waals surface area contributed by atoms with Crippen LogP contribution in [0.25, 0.3) is 10.9 Å². The zero-order chi connectivity index (χ0) is 26.1. The third-order valence-corrected chi connectivity index (χ3v) is 6.03. The molecule has 5 rings (SSSR count). The summed E-state index contributed by atoms with van der Waals surface area (Å²) in [4.78, 5) is 77.3. The van der Waals surface area contributed by atoms with Crippen molar-refractivity contribution < 1.29 is 28.8 Å². The van der Waals surface area contributed by atoms with Gasteiger partial charge in [-0.2, -0.15) is 0 Å². The average Bonchev–Trinajstić information content (AvgIpc) is 3.44. The fourth-order valence-corrected chi connectivity index (χ4v) is 4.22. The van der Waals surface area contributed by atoms with Crippen molar-refractivity contribution in [3.05, 3.63) is 65.4 Å². The number of aromatic nitrogens is 1. The first-order chi connectivity index (χ1) is 17.8. The largest absolute Gasteiger partial charge is 0.361 e. The second kappa shape index (κ2) is 9.43. The van der Waals surface area contributed by atoms with Crippen molar-refractivity contribution in [1.82, 2.24) is 20.5 Å². The molecule has 0 aliphatic carbocycles. The van der Waals surface area contributed by atoms with Gasteiger partial charge in [0, 0.05) is 34.8 Å². The van der Waals surface area contributed by atoms with Crippen molar-refractivity contribution in [3.63, 3.8) is 0 Å². The Labute approximate surface area is 209 Å². The lowest BCUT2D eigenvalue weighted by Crippen LogP contribution is -2.54. The molecule has 0 bridgehead atoms. The van der Waals surface area contributed by atoms with Gasteiger partial charge in [-0.3, -0.25) is 39.0 Å². The number of carbonyl (C=O) groups excluding carboxylic acids is 6. The van der Waals surface area contributed by atoms with Gasteiger partial charge in [0.25, 0.3) is 11.8 Å². The molecular formula is C26H19N5O6. The van der Waals surface area contributed by atoms with Crippen LogP contribution in [0.3, 0.4) is 0 Å². The fraction of sp³-hybridized carbons (Fsp3) is 0.154. The lowest BCUT2D eigenvalue weighted by Gasteiger charge is -2.27. The molecule has 1 aromatic heterocycles. The van der Waals surface area contributed by atoms with Gasteiger partial charge in [0.1, 0.15) is 6.04 Å². The maximum Gasteiger partial charge on any atom is 0.313 e. The number of piperidine rings is 1. The van der Waals surface area contributed by atoms with E-state index in [9.17, 15) is 28.8 Å². The van der Waals surface area contributed by atoms with Crippen LogP contribution in [0.15, 0.2) is 48.7 Å². The van der Waals surface area contributed by atoms with Crippen molar-refractivity contribution >= 4 is 52.0 Å². The summed E-state index contributed by atoms with van der Waals surface area (Å²) in [5.74, 6) is 1.39. The highest BCUT2D eigenvalue weighted by atomic mass is 16.2. The normalized spacial score (nSPS) is 16.6. The number of H-pyrrole nitrogens is 1. The summed E-state index contributed by atoms with van der Waals surface area (Å²) in [7, 11) is 0. The molecule has 2 aliphatic heterocycles. The Morgan fingerprint density at radius 2 is 1.78 bits per heavy atom. The number of nitrogens with zero attached hydrogens (tertiary/aromatic N) is 1. The van der Waals surface area contributed by atoms with Crippen LogP contribution < -0.4 is 16.0 Å². The van der Waals surface area contributed by atoms with Crippen LogP contribution in [-0.4, -0.2) is 57.9 Å². The van der Waals surface area contributed by atoms with E-state index in [0.717, 1.165) is 15.8 Å². The third-order valence-electron chi connectivity index (χ3n) is 6.03. The van der Waals surface area contributed by atoms with E-state index in [4.69, 9.17) is 0 Å². The Morgan fingerprint density at radius 3 is 2.59 bits per heavy atom. The molecule has 184 valence electrons. The minimum absolute atomic E-state index is 0.0341. The van der Waals surface area contributed by atoms with Crippen molar-refractivity contribution in [2.75, 3.05) is 11.9 Å². The predicted octanol–water partition coefficient (Wildman–Crippen LogP) is 0.675. The summed E-state index contributed by atoms with van der Waals surface area (Å²) in [6, 6.07) is 10.4. The van der Waals surface area contributed by atoms with Crippen molar-refractivity contribution in [2.45, 2.75) is 18.9 Å². The maximum atomic E-state index is 12.9. The molecule has 1 saturated heterocycles. The molecule has 1 fully saturated rings. The number of carbonyl (C=O) groups is 6. The molecule has 37 heavy (non-hydrogen) atoms. The number of rotatable bonds is 3. The van der Waals surface area contributed by atoms with E-state index in [1.165, 1.54) is 18.2 Å². The molecule has 11 nitrogen and oxygen atoms in total. The first kappa shape index (κ1) is 23.5. The topological polar surface area (TPSA) is 158 Å². The van der Waals surface area contributed by atoms with Crippen LogP contribution in [0.5, 0.6) is 0 Å². The molecule has 0 saturated carbocycles. The molecule has 3 aromatic rings. The lowest BCUT2D eigenvalue weighted by molar-refractivity contribution is -0.136. The van der Waals surface area contributed by atoms with E-state index in [2.05, 4.69) is 32.8 Å². The van der Waals surface area contributed by atoms with Crippen molar-refractivity contribution in [3.8, 4) is 11.8 Å². The van der Waals surface area contributed by atoms with Crippen LogP contribution in [0, 0.1) is 11.8 Å². The number of hydrogen-bond acceptors (Lipinski definition) is 6. The van der Waals surface area contributed by atoms with Crippen LogP contribution >= 0.6 is 0 Å². The number of nitrogens with one attached hydrogen (secondary N) is 4. The molecule has 2 aliphatic rings. The van der Waals surface area contributed by atoms with Gasteiger partial charge >= 0.3 is 11.8 Å². The molecule has 4 N–H and O–H groups in total. The zero-order valence-electron chi connectivity index (χ0n) is 19.2. The van der Waals surface area contributed by atoms with Crippen molar-refractivity contribution in [2.24, 2.45) is 0 Å². The number of anilines is 1. The Hall–Kier alpha value is -5.24. The van der Waals surface area contributed by atoms with E-state index in [1.807, 2.05) is 6.07 Å². The predicted molar refractivity (Wildman–Crippen MR) is 130 cm³/mol. The number of aromatic amines is 1. The Kier molecular flexibility index (Phi) is 5.99. The summed E-state index contributed by atoms with van der Waals surface area (Å²) < 4.78 is 0. The summed E-state index contributed by atoms with van der Waals surface area (Å²) in [5.41, 5.74) is 2.02. The van der Waals surface area contributed by atoms with Gasteiger partial charge in [-0.05, 0) is 48.9 Å². The fourth-order valence-electron chi connectivity index (χ4n) is 4.22. The minimum Gasteiger partial charge on any atom is -0.361 e.